The molecule has 1 aromatic heterocycles. The molecule has 0 saturated heterocycles. The zero-order valence-electron chi connectivity index (χ0n) is 11.5. The number of methoxy groups -OCH3 is 1. The van der Waals surface area contributed by atoms with Gasteiger partial charge in [0.05, 0.1) is 17.3 Å². The van der Waals surface area contributed by atoms with Crippen LogP contribution in [0, 0.1) is 0 Å². The lowest BCUT2D eigenvalue weighted by molar-refractivity contribution is 0.415. The maximum atomic E-state index is 5.17. The lowest BCUT2D eigenvalue weighted by Crippen LogP contribution is -1.82. The van der Waals surface area contributed by atoms with E-state index in [-0.39, 0.29) is 0 Å². The minimum absolute atomic E-state index is 0.875. The third-order valence-corrected chi connectivity index (χ3v) is 4.30. The fourth-order valence-corrected chi connectivity index (χ4v) is 2.99. The van der Waals surface area contributed by atoms with Crippen LogP contribution in [-0.2, 0) is 0 Å². The summed E-state index contributed by atoms with van der Waals surface area (Å²) in [7, 11) is 1.68. The standard InChI is InChI=1S/C17H15NOS/c1-12(11-13-7-9-14(19-2)10-8-13)17-18-15-5-3-4-6-16(15)20-17/h3-11H,1-2H3/b12-11+. The van der Waals surface area contributed by atoms with Crippen LogP contribution in [0.5, 0.6) is 5.75 Å². The van der Waals surface area contributed by atoms with E-state index in [1.54, 1.807) is 18.4 Å². The Bertz CT molecular complexity index is 723. The predicted octanol–water partition coefficient (Wildman–Crippen LogP) is 4.87. The second kappa shape index (κ2) is 5.47. The van der Waals surface area contributed by atoms with Crippen LogP contribution in [0.1, 0.15) is 17.5 Å². The summed E-state index contributed by atoms with van der Waals surface area (Å²) < 4.78 is 6.39. The van der Waals surface area contributed by atoms with E-state index in [0.717, 1.165) is 21.8 Å². The number of thiazole rings is 1. The van der Waals surface area contributed by atoms with Gasteiger partial charge in [0.15, 0.2) is 0 Å². The van der Waals surface area contributed by atoms with Crippen LogP contribution in [0.3, 0.4) is 0 Å². The van der Waals surface area contributed by atoms with Crippen LogP contribution in [0.2, 0.25) is 0 Å². The van der Waals surface area contributed by atoms with E-state index >= 15 is 0 Å². The Hall–Kier alpha value is -2.13. The van der Waals surface area contributed by atoms with Crippen molar-refractivity contribution < 1.29 is 4.74 Å². The lowest BCUT2D eigenvalue weighted by Gasteiger charge is -2.00. The van der Waals surface area contributed by atoms with Gasteiger partial charge in [-0.3, -0.25) is 0 Å². The predicted molar refractivity (Wildman–Crippen MR) is 86.2 cm³/mol. The molecule has 0 aliphatic rings. The molecule has 0 fully saturated rings. The van der Waals surface area contributed by atoms with Gasteiger partial charge in [0.1, 0.15) is 10.8 Å². The first kappa shape index (κ1) is 12.9. The van der Waals surface area contributed by atoms with Gasteiger partial charge in [0.2, 0.25) is 0 Å². The van der Waals surface area contributed by atoms with Gasteiger partial charge in [0, 0.05) is 0 Å². The molecule has 3 heteroatoms. The Morgan fingerprint density at radius 1 is 1.10 bits per heavy atom. The fourth-order valence-electron chi connectivity index (χ4n) is 2.05. The zero-order chi connectivity index (χ0) is 13.9. The van der Waals surface area contributed by atoms with Crippen molar-refractivity contribution in [1.82, 2.24) is 4.98 Å². The normalized spacial score (nSPS) is 11.8. The summed E-state index contributed by atoms with van der Waals surface area (Å²) in [6.07, 6.45) is 2.15. The van der Waals surface area contributed by atoms with Gasteiger partial charge < -0.3 is 4.74 Å². The Morgan fingerprint density at radius 2 is 1.85 bits per heavy atom. The van der Waals surface area contributed by atoms with Gasteiger partial charge in [-0.25, -0.2) is 4.98 Å². The molecular formula is C17H15NOS. The molecule has 0 unspecified atom stereocenters. The molecule has 2 nitrogen and oxygen atoms in total. The molecule has 100 valence electrons. The second-order valence-electron chi connectivity index (χ2n) is 4.59. The van der Waals surface area contributed by atoms with Crippen LogP contribution in [0.25, 0.3) is 21.9 Å². The molecule has 0 aliphatic heterocycles. The Labute approximate surface area is 122 Å². The van der Waals surface area contributed by atoms with Crippen molar-refractivity contribution in [2.24, 2.45) is 0 Å². The molecule has 0 N–H and O–H groups in total. The Kier molecular flexibility index (Phi) is 3.52. The molecule has 0 spiro atoms. The number of ether oxygens (including phenoxy) is 1. The summed E-state index contributed by atoms with van der Waals surface area (Å²) in [5.74, 6) is 0.875. The Balaban J connectivity index is 1.93. The Morgan fingerprint density at radius 3 is 2.55 bits per heavy atom. The van der Waals surface area contributed by atoms with Gasteiger partial charge >= 0.3 is 0 Å². The van der Waals surface area contributed by atoms with E-state index in [4.69, 9.17) is 4.74 Å². The highest BCUT2D eigenvalue weighted by molar-refractivity contribution is 7.19. The van der Waals surface area contributed by atoms with Crippen molar-refractivity contribution >= 4 is 33.2 Å². The smallest absolute Gasteiger partial charge is 0.120 e. The summed E-state index contributed by atoms with van der Waals surface area (Å²) in [4.78, 5) is 4.67. The fraction of sp³-hybridized carbons (Fsp3) is 0.118. The average Bonchev–Trinajstić information content (AvgIpc) is 2.92. The third kappa shape index (κ3) is 2.58. The molecule has 0 radical (unpaired) electrons. The van der Waals surface area contributed by atoms with Gasteiger partial charge in [-0.15, -0.1) is 11.3 Å². The minimum atomic E-state index is 0.875. The first-order valence-electron chi connectivity index (χ1n) is 6.44. The molecule has 3 rings (SSSR count). The molecule has 1 heterocycles. The van der Waals surface area contributed by atoms with E-state index < -0.39 is 0 Å². The number of allylic oxidation sites excluding steroid dienone is 1. The number of hydrogen-bond donors (Lipinski definition) is 0. The largest absolute Gasteiger partial charge is 0.497 e. The quantitative estimate of drug-likeness (QED) is 0.683. The van der Waals surface area contributed by atoms with Crippen LogP contribution in [-0.4, -0.2) is 12.1 Å². The molecule has 20 heavy (non-hydrogen) atoms. The van der Waals surface area contributed by atoms with Crippen molar-refractivity contribution in [2.75, 3.05) is 7.11 Å². The van der Waals surface area contributed by atoms with Crippen molar-refractivity contribution in [3.63, 3.8) is 0 Å². The van der Waals surface area contributed by atoms with Crippen molar-refractivity contribution in [2.45, 2.75) is 6.92 Å². The maximum absolute atomic E-state index is 5.17. The maximum Gasteiger partial charge on any atom is 0.120 e. The number of fused-ring (bicyclic) bond motifs is 1. The zero-order valence-corrected chi connectivity index (χ0v) is 12.3. The summed E-state index contributed by atoms with van der Waals surface area (Å²) in [6.45, 7) is 2.10. The molecule has 0 amide bonds. The van der Waals surface area contributed by atoms with E-state index in [9.17, 15) is 0 Å². The molecule has 2 aromatic carbocycles. The molecule has 0 aliphatic carbocycles. The number of benzene rings is 2. The van der Waals surface area contributed by atoms with Gasteiger partial charge in [-0.1, -0.05) is 24.3 Å². The topological polar surface area (TPSA) is 22.1 Å². The number of para-hydroxylation sites is 1. The molecule has 0 saturated carbocycles. The highest BCUT2D eigenvalue weighted by Gasteiger charge is 2.04. The number of nitrogens with zero attached hydrogens (tertiary/aromatic N) is 1. The number of hydrogen-bond acceptors (Lipinski definition) is 3. The van der Waals surface area contributed by atoms with Gasteiger partial charge in [0.25, 0.3) is 0 Å². The lowest BCUT2D eigenvalue weighted by atomic mass is 10.1. The number of rotatable bonds is 3. The van der Waals surface area contributed by atoms with Crippen LogP contribution >= 0.6 is 11.3 Å². The highest BCUT2D eigenvalue weighted by Crippen LogP contribution is 2.28. The SMILES string of the molecule is COc1ccc(/C=C(\C)c2nc3ccccc3s2)cc1. The molecule has 0 atom stereocenters. The van der Waals surface area contributed by atoms with Crippen LogP contribution in [0.4, 0.5) is 0 Å². The average molecular weight is 281 g/mol. The highest BCUT2D eigenvalue weighted by atomic mass is 32.1. The first-order chi connectivity index (χ1) is 9.76. The van der Waals surface area contributed by atoms with Crippen molar-refractivity contribution in [3.8, 4) is 5.75 Å². The van der Waals surface area contributed by atoms with E-state index in [0.29, 0.717) is 0 Å². The molecular weight excluding hydrogens is 266 g/mol. The molecule has 3 aromatic rings. The second-order valence-corrected chi connectivity index (χ2v) is 5.62. The van der Waals surface area contributed by atoms with Crippen molar-refractivity contribution in [1.29, 1.82) is 0 Å². The first-order valence-corrected chi connectivity index (χ1v) is 7.26. The van der Waals surface area contributed by atoms with Crippen LogP contribution in [0.15, 0.2) is 48.5 Å². The summed E-state index contributed by atoms with van der Waals surface area (Å²) in [6, 6.07) is 16.3. The molecule has 0 bridgehead atoms. The van der Waals surface area contributed by atoms with Crippen LogP contribution < -0.4 is 4.74 Å². The van der Waals surface area contributed by atoms with Crippen molar-refractivity contribution in [3.05, 3.63) is 59.1 Å². The minimum Gasteiger partial charge on any atom is -0.497 e. The number of aromatic nitrogens is 1. The van der Waals surface area contributed by atoms with Gasteiger partial charge in [-0.05, 0) is 48.4 Å². The van der Waals surface area contributed by atoms with E-state index in [2.05, 4.69) is 42.2 Å². The monoisotopic (exact) mass is 281 g/mol. The summed E-state index contributed by atoms with van der Waals surface area (Å²) in [5.41, 5.74) is 3.40. The van der Waals surface area contributed by atoms with E-state index in [1.165, 1.54) is 10.3 Å². The van der Waals surface area contributed by atoms with Gasteiger partial charge in [-0.2, -0.15) is 0 Å². The summed E-state index contributed by atoms with van der Waals surface area (Å²) >= 11 is 1.73. The third-order valence-electron chi connectivity index (χ3n) is 3.13. The summed E-state index contributed by atoms with van der Waals surface area (Å²) in [5, 5.41) is 1.07. The van der Waals surface area contributed by atoms with E-state index in [1.807, 2.05) is 24.3 Å².